The third-order valence-electron chi connectivity index (χ3n) is 3.11. The Hall–Kier alpha value is -3.01. The third-order valence-corrected chi connectivity index (χ3v) is 3.11. The number of pyridine rings is 2. The second kappa shape index (κ2) is 7.13. The Morgan fingerprint density at radius 2 is 1.55 bits per heavy atom. The highest BCUT2D eigenvalue weighted by atomic mass is 15.5. The molecular weight excluding hydrogens is 272 g/mol. The lowest BCUT2D eigenvalue weighted by molar-refractivity contribution is 0.831. The topological polar surface area (TPSA) is 41.4 Å². The van der Waals surface area contributed by atoms with Gasteiger partial charge in [-0.25, -0.2) is 0 Å². The first-order valence-electron chi connectivity index (χ1n) is 7.09. The number of aromatic nitrogens is 2. The molecule has 3 aromatic rings. The SMILES string of the molecule is C(=N\N(Cc1ccccn1)c1ccccc1)/c1ccccn1. The quantitative estimate of drug-likeness (QED) is 0.533. The predicted octanol–water partition coefficient (Wildman–Crippen LogP) is 3.52. The molecule has 4 heteroatoms. The number of anilines is 1. The second-order valence-electron chi connectivity index (χ2n) is 4.71. The summed E-state index contributed by atoms with van der Waals surface area (Å²) in [7, 11) is 0. The average molecular weight is 288 g/mol. The molecule has 0 unspecified atom stereocenters. The van der Waals surface area contributed by atoms with Gasteiger partial charge in [-0.2, -0.15) is 5.10 Å². The Kier molecular flexibility index (Phi) is 4.52. The maximum atomic E-state index is 4.57. The molecule has 2 aromatic heterocycles. The van der Waals surface area contributed by atoms with Gasteiger partial charge in [0.05, 0.1) is 29.8 Å². The van der Waals surface area contributed by atoms with Crippen molar-refractivity contribution in [3.05, 3.63) is 90.5 Å². The van der Waals surface area contributed by atoms with E-state index in [0.29, 0.717) is 6.54 Å². The highest BCUT2D eigenvalue weighted by Crippen LogP contribution is 2.16. The number of nitrogens with zero attached hydrogens (tertiary/aromatic N) is 4. The molecule has 22 heavy (non-hydrogen) atoms. The minimum atomic E-state index is 0.605. The number of benzene rings is 1. The van der Waals surface area contributed by atoms with Crippen LogP contribution in [0.5, 0.6) is 0 Å². The van der Waals surface area contributed by atoms with Gasteiger partial charge in [0.25, 0.3) is 0 Å². The molecule has 0 fully saturated rings. The summed E-state index contributed by atoms with van der Waals surface area (Å²) >= 11 is 0. The van der Waals surface area contributed by atoms with Crippen molar-refractivity contribution in [1.82, 2.24) is 9.97 Å². The van der Waals surface area contributed by atoms with Crippen LogP contribution in [0.2, 0.25) is 0 Å². The molecule has 0 aliphatic rings. The minimum Gasteiger partial charge on any atom is -0.259 e. The van der Waals surface area contributed by atoms with E-state index in [1.165, 1.54) is 0 Å². The largest absolute Gasteiger partial charge is 0.259 e. The fourth-order valence-corrected chi connectivity index (χ4v) is 2.03. The van der Waals surface area contributed by atoms with E-state index in [4.69, 9.17) is 0 Å². The summed E-state index contributed by atoms with van der Waals surface area (Å²) in [6, 6.07) is 21.7. The average Bonchev–Trinajstić information content (AvgIpc) is 2.61. The second-order valence-corrected chi connectivity index (χ2v) is 4.71. The van der Waals surface area contributed by atoms with Crippen molar-refractivity contribution in [1.29, 1.82) is 0 Å². The molecule has 1 aromatic carbocycles. The zero-order valence-electron chi connectivity index (χ0n) is 12.1. The first kappa shape index (κ1) is 13.9. The third kappa shape index (κ3) is 3.76. The van der Waals surface area contributed by atoms with Crippen molar-refractivity contribution in [2.24, 2.45) is 5.10 Å². The van der Waals surface area contributed by atoms with E-state index >= 15 is 0 Å². The van der Waals surface area contributed by atoms with Crippen molar-refractivity contribution < 1.29 is 0 Å². The Morgan fingerprint density at radius 1 is 0.818 bits per heavy atom. The Bertz CT molecular complexity index is 712. The van der Waals surface area contributed by atoms with Crippen LogP contribution in [0.3, 0.4) is 0 Å². The molecule has 0 atom stereocenters. The van der Waals surface area contributed by atoms with Gasteiger partial charge in [0.15, 0.2) is 0 Å². The van der Waals surface area contributed by atoms with E-state index in [1.807, 2.05) is 71.7 Å². The molecule has 3 rings (SSSR count). The maximum Gasteiger partial charge on any atom is 0.0838 e. The molecule has 0 saturated heterocycles. The molecular formula is C18H16N4. The van der Waals surface area contributed by atoms with Crippen molar-refractivity contribution in [3.63, 3.8) is 0 Å². The normalized spacial score (nSPS) is 10.7. The summed E-state index contributed by atoms with van der Waals surface area (Å²) in [4.78, 5) is 8.63. The van der Waals surface area contributed by atoms with Crippen LogP contribution in [-0.2, 0) is 6.54 Å². The van der Waals surface area contributed by atoms with Gasteiger partial charge in [-0.1, -0.05) is 30.3 Å². The van der Waals surface area contributed by atoms with Gasteiger partial charge < -0.3 is 0 Å². The summed E-state index contributed by atoms with van der Waals surface area (Å²) < 4.78 is 0. The molecule has 0 spiro atoms. The zero-order chi connectivity index (χ0) is 15.0. The molecule has 0 aliphatic carbocycles. The summed E-state index contributed by atoms with van der Waals surface area (Å²) in [5, 5.41) is 6.48. The van der Waals surface area contributed by atoms with Crippen LogP contribution >= 0.6 is 0 Å². The van der Waals surface area contributed by atoms with Crippen molar-refractivity contribution in [2.75, 3.05) is 5.01 Å². The van der Waals surface area contributed by atoms with Crippen LogP contribution in [0.15, 0.2) is 84.2 Å². The number of hydrogen-bond donors (Lipinski definition) is 0. The minimum absolute atomic E-state index is 0.605. The van der Waals surface area contributed by atoms with E-state index in [1.54, 1.807) is 18.6 Å². The van der Waals surface area contributed by atoms with E-state index < -0.39 is 0 Å². The lowest BCUT2D eigenvalue weighted by Gasteiger charge is -2.18. The predicted molar refractivity (Wildman–Crippen MR) is 88.7 cm³/mol. The molecule has 0 aliphatic heterocycles. The van der Waals surface area contributed by atoms with Gasteiger partial charge >= 0.3 is 0 Å². The van der Waals surface area contributed by atoms with Gasteiger partial charge in [-0.3, -0.25) is 15.0 Å². The molecule has 0 radical (unpaired) electrons. The van der Waals surface area contributed by atoms with Crippen molar-refractivity contribution in [3.8, 4) is 0 Å². The van der Waals surface area contributed by atoms with E-state index in [9.17, 15) is 0 Å². The molecule has 0 N–H and O–H groups in total. The molecule has 4 nitrogen and oxygen atoms in total. The first-order chi connectivity index (χ1) is 10.9. The lowest BCUT2D eigenvalue weighted by atomic mass is 10.3. The standard InChI is InChI=1S/C18H16N4/c1-2-10-18(11-3-1)22(15-17-9-5-7-13-20-17)21-14-16-8-4-6-12-19-16/h1-14H,15H2/b21-14+. The van der Waals surface area contributed by atoms with Gasteiger partial charge in [0.1, 0.15) is 0 Å². The van der Waals surface area contributed by atoms with Gasteiger partial charge in [0.2, 0.25) is 0 Å². The fourth-order valence-electron chi connectivity index (χ4n) is 2.03. The summed E-state index contributed by atoms with van der Waals surface area (Å²) in [6.45, 7) is 0.605. The summed E-state index contributed by atoms with van der Waals surface area (Å²) in [5.41, 5.74) is 2.80. The van der Waals surface area contributed by atoms with Crippen LogP contribution in [0.1, 0.15) is 11.4 Å². The molecule has 0 amide bonds. The Morgan fingerprint density at radius 3 is 2.23 bits per heavy atom. The van der Waals surface area contributed by atoms with Gasteiger partial charge in [0, 0.05) is 12.4 Å². The Labute approximate surface area is 129 Å². The van der Waals surface area contributed by atoms with E-state index in [-0.39, 0.29) is 0 Å². The van der Waals surface area contributed by atoms with E-state index in [2.05, 4.69) is 15.1 Å². The van der Waals surface area contributed by atoms with Crippen LogP contribution in [0.25, 0.3) is 0 Å². The van der Waals surface area contributed by atoms with Crippen LogP contribution in [0.4, 0.5) is 5.69 Å². The molecule has 0 bridgehead atoms. The lowest BCUT2D eigenvalue weighted by Crippen LogP contribution is -2.16. The fraction of sp³-hybridized carbons (Fsp3) is 0.0556. The highest BCUT2D eigenvalue weighted by molar-refractivity contribution is 5.77. The molecule has 2 heterocycles. The van der Waals surface area contributed by atoms with Crippen LogP contribution in [-0.4, -0.2) is 16.2 Å². The summed E-state index contributed by atoms with van der Waals surface area (Å²) in [6.07, 6.45) is 5.31. The number of rotatable bonds is 5. The Balaban J connectivity index is 1.85. The smallest absolute Gasteiger partial charge is 0.0838 e. The first-order valence-corrected chi connectivity index (χ1v) is 7.09. The van der Waals surface area contributed by atoms with Crippen LogP contribution < -0.4 is 5.01 Å². The van der Waals surface area contributed by atoms with Crippen molar-refractivity contribution >= 4 is 11.9 Å². The number of hydrogen-bond acceptors (Lipinski definition) is 4. The monoisotopic (exact) mass is 288 g/mol. The zero-order valence-corrected chi connectivity index (χ0v) is 12.1. The maximum absolute atomic E-state index is 4.57. The summed E-state index contributed by atoms with van der Waals surface area (Å²) in [5.74, 6) is 0. The van der Waals surface area contributed by atoms with Gasteiger partial charge in [-0.05, 0) is 36.4 Å². The number of para-hydroxylation sites is 1. The molecule has 108 valence electrons. The molecule has 0 saturated carbocycles. The van der Waals surface area contributed by atoms with Crippen LogP contribution in [0, 0.1) is 0 Å². The highest BCUT2D eigenvalue weighted by Gasteiger charge is 2.06. The van der Waals surface area contributed by atoms with E-state index in [0.717, 1.165) is 17.1 Å². The van der Waals surface area contributed by atoms with Crippen molar-refractivity contribution in [2.45, 2.75) is 6.54 Å². The van der Waals surface area contributed by atoms with Gasteiger partial charge in [-0.15, -0.1) is 0 Å². The number of hydrazone groups is 1.